The molecule has 1 rings (SSSR count). The maximum absolute atomic E-state index is 11.7. The molecule has 2 N–H and O–H groups in total. The number of likely N-dealkylation sites (N-methyl/N-ethyl adjacent to an activating group) is 1. The van der Waals surface area contributed by atoms with Gasteiger partial charge < -0.3 is 10.4 Å². The number of nitrogens with zero attached hydrogens (tertiary/aromatic N) is 2. The van der Waals surface area contributed by atoms with Crippen molar-refractivity contribution in [3.63, 3.8) is 0 Å². The number of nitrogens with one attached hydrogen (secondary N) is 1. The van der Waals surface area contributed by atoms with Crippen LogP contribution in [0.2, 0.25) is 0 Å². The number of carbonyl (C=O) groups is 2. The summed E-state index contributed by atoms with van der Waals surface area (Å²) in [6.45, 7) is 1.84. The zero-order chi connectivity index (χ0) is 16.0. The summed E-state index contributed by atoms with van der Waals surface area (Å²) in [5.41, 5.74) is 0.405. The van der Waals surface area contributed by atoms with Gasteiger partial charge in [0.1, 0.15) is 6.04 Å². The number of aliphatic carboxylic acids is 1. The minimum absolute atomic E-state index is 0.0528. The number of nitro benzene ring substituents is 1. The molecular weight excluding hydrogens is 278 g/mol. The van der Waals surface area contributed by atoms with E-state index in [1.807, 2.05) is 0 Å². The van der Waals surface area contributed by atoms with Gasteiger partial charge in [0, 0.05) is 30.8 Å². The molecule has 0 saturated heterocycles. The Bertz CT molecular complexity index is 529. The van der Waals surface area contributed by atoms with E-state index in [1.165, 1.54) is 31.2 Å². The fraction of sp³-hybridized carbons (Fsp3) is 0.385. The number of hydrogen-bond acceptors (Lipinski definition) is 5. The summed E-state index contributed by atoms with van der Waals surface area (Å²) in [7, 11) is 1.62. The summed E-state index contributed by atoms with van der Waals surface area (Å²) in [5.74, 6) is -1.23. The molecule has 0 spiro atoms. The lowest BCUT2D eigenvalue weighted by Crippen LogP contribution is -2.37. The first-order valence-corrected chi connectivity index (χ1v) is 6.28. The first kappa shape index (κ1) is 16.6. The average Bonchev–Trinajstić information content (AvgIpc) is 2.44. The van der Waals surface area contributed by atoms with Crippen LogP contribution in [0.25, 0.3) is 0 Å². The van der Waals surface area contributed by atoms with Crippen molar-refractivity contribution in [1.82, 2.24) is 4.90 Å². The van der Waals surface area contributed by atoms with Gasteiger partial charge in [-0.15, -0.1) is 0 Å². The van der Waals surface area contributed by atoms with Gasteiger partial charge in [0.2, 0.25) is 5.91 Å². The number of rotatable bonds is 7. The van der Waals surface area contributed by atoms with Crippen LogP contribution in [0.1, 0.15) is 13.3 Å². The smallest absolute Gasteiger partial charge is 0.320 e. The number of non-ortho nitro benzene ring substituents is 1. The van der Waals surface area contributed by atoms with Crippen LogP contribution in [0.15, 0.2) is 24.3 Å². The Morgan fingerprint density at radius 3 is 2.43 bits per heavy atom. The average molecular weight is 295 g/mol. The normalized spacial score (nSPS) is 12.0. The third kappa shape index (κ3) is 5.19. The van der Waals surface area contributed by atoms with E-state index in [2.05, 4.69) is 5.32 Å². The highest BCUT2D eigenvalue weighted by Gasteiger charge is 2.17. The Balaban J connectivity index is 2.47. The number of nitro groups is 1. The van der Waals surface area contributed by atoms with Crippen LogP contribution in [0.5, 0.6) is 0 Å². The summed E-state index contributed by atoms with van der Waals surface area (Å²) in [6, 6.07) is 4.82. The van der Waals surface area contributed by atoms with E-state index < -0.39 is 16.9 Å². The second-order valence-corrected chi connectivity index (χ2v) is 4.60. The van der Waals surface area contributed by atoms with E-state index in [0.29, 0.717) is 12.2 Å². The quantitative estimate of drug-likeness (QED) is 0.579. The van der Waals surface area contributed by atoms with Gasteiger partial charge in [0.15, 0.2) is 0 Å². The van der Waals surface area contributed by atoms with Crippen LogP contribution in [0.4, 0.5) is 11.4 Å². The molecule has 1 atom stereocenters. The fourth-order valence-electron chi connectivity index (χ4n) is 1.55. The Labute approximate surface area is 121 Å². The number of amides is 1. The Kier molecular flexibility index (Phi) is 5.79. The molecule has 0 saturated carbocycles. The minimum atomic E-state index is -0.951. The van der Waals surface area contributed by atoms with Crippen molar-refractivity contribution >= 4 is 23.3 Å². The largest absolute Gasteiger partial charge is 0.480 e. The highest BCUT2D eigenvalue weighted by atomic mass is 16.6. The number of carboxylic acid groups (broad SMARTS) is 1. The first-order valence-electron chi connectivity index (χ1n) is 6.28. The molecule has 0 aliphatic carbocycles. The van der Waals surface area contributed by atoms with Gasteiger partial charge in [0.05, 0.1) is 4.92 Å². The van der Waals surface area contributed by atoms with Crippen molar-refractivity contribution in [3.8, 4) is 0 Å². The van der Waals surface area contributed by atoms with E-state index in [4.69, 9.17) is 5.11 Å². The third-order valence-electron chi connectivity index (χ3n) is 3.07. The van der Waals surface area contributed by atoms with Crippen LogP contribution in [-0.2, 0) is 9.59 Å². The predicted octanol–water partition coefficient (Wildman–Crippen LogP) is 1.33. The lowest BCUT2D eigenvalue weighted by Gasteiger charge is -2.20. The van der Waals surface area contributed by atoms with E-state index >= 15 is 0 Å². The summed E-state index contributed by atoms with van der Waals surface area (Å²) in [4.78, 5) is 34.0. The molecule has 1 aromatic carbocycles. The van der Waals surface area contributed by atoms with Crippen molar-refractivity contribution in [1.29, 1.82) is 0 Å². The number of benzene rings is 1. The maximum atomic E-state index is 11.7. The molecular formula is C13H17N3O5. The minimum Gasteiger partial charge on any atom is -0.480 e. The number of hydrogen-bond donors (Lipinski definition) is 2. The molecule has 8 nitrogen and oxygen atoms in total. The lowest BCUT2D eigenvalue weighted by molar-refractivity contribution is -0.384. The lowest BCUT2D eigenvalue weighted by atomic mass is 10.2. The van der Waals surface area contributed by atoms with Gasteiger partial charge >= 0.3 is 5.97 Å². The molecule has 1 amide bonds. The van der Waals surface area contributed by atoms with E-state index in [1.54, 1.807) is 11.9 Å². The van der Waals surface area contributed by atoms with E-state index in [9.17, 15) is 19.7 Å². The van der Waals surface area contributed by atoms with Crippen molar-refractivity contribution in [2.45, 2.75) is 19.4 Å². The molecule has 0 aromatic heterocycles. The summed E-state index contributed by atoms with van der Waals surface area (Å²) in [6.07, 6.45) is 0.130. The van der Waals surface area contributed by atoms with Crippen LogP contribution < -0.4 is 5.32 Å². The topological polar surface area (TPSA) is 113 Å². The molecule has 0 aliphatic rings. The molecule has 8 heteroatoms. The Morgan fingerprint density at radius 2 is 1.95 bits per heavy atom. The molecule has 0 heterocycles. The Morgan fingerprint density at radius 1 is 1.38 bits per heavy atom. The number of anilines is 1. The monoisotopic (exact) mass is 295 g/mol. The predicted molar refractivity (Wildman–Crippen MR) is 76.1 cm³/mol. The van der Waals surface area contributed by atoms with Gasteiger partial charge in [0.25, 0.3) is 5.69 Å². The summed E-state index contributed by atoms with van der Waals surface area (Å²) in [5, 5.41) is 21.9. The zero-order valence-corrected chi connectivity index (χ0v) is 11.8. The van der Waals surface area contributed by atoms with Gasteiger partial charge in [-0.2, -0.15) is 0 Å². The molecule has 0 aliphatic heterocycles. The van der Waals surface area contributed by atoms with Crippen LogP contribution in [-0.4, -0.2) is 46.4 Å². The maximum Gasteiger partial charge on any atom is 0.320 e. The SMILES string of the molecule is CC(C(=O)O)N(C)CCC(=O)Nc1ccc([N+](=O)[O-])cc1. The van der Waals surface area contributed by atoms with E-state index in [0.717, 1.165) is 0 Å². The van der Waals surface area contributed by atoms with Gasteiger partial charge in [-0.1, -0.05) is 0 Å². The molecule has 21 heavy (non-hydrogen) atoms. The fourth-order valence-corrected chi connectivity index (χ4v) is 1.55. The van der Waals surface area contributed by atoms with Crippen LogP contribution in [0.3, 0.4) is 0 Å². The molecule has 0 bridgehead atoms. The van der Waals surface area contributed by atoms with Crippen molar-refractivity contribution in [2.24, 2.45) is 0 Å². The molecule has 114 valence electrons. The second-order valence-electron chi connectivity index (χ2n) is 4.60. The molecule has 1 aromatic rings. The van der Waals surface area contributed by atoms with Crippen LogP contribution in [0, 0.1) is 10.1 Å². The van der Waals surface area contributed by atoms with Gasteiger partial charge in [-0.25, -0.2) is 0 Å². The zero-order valence-electron chi connectivity index (χ0n) is 11.8. The summed E-state index contributed by atoms with van der Waals surface area (Å²) >= 11 is 0. The summed E-state index contributed by atoms with van der Waals surface area (Å²) < 4.78 is 0. The standard InChI is InChI=1S/C13H17N3O5/c1-9(13(18)19)15(2)8-7-12(17)14-10-3-5-11(6-4-10)16(20)21/h3-6,9H,7-8H2,1-2H3,(H,14,17)(H,18,19). The molecule has 0 radical (unpaired) electrons. The van der Waals surface area contributed by atoms with Crippen LogP contribution >= 0.6 is 0 Å². The van der Waals surface area contributed by atoms with Gasteiger partial charge in [-0.3, -0.25) is 24.6 Å². The molecule has 1 unspecified atom stereocenters. The Hall–Kier alpha value is -2.48. The second kappa shape index (κ2) is 7.34. The highest BCUT2D eigenvalue weighted by molar-refractivity contribution is 5.90. The number of carbonyl (C=O) groups excluding carboxylic acids is 1. The van der Waals surface area contributed by atoms with Crippen molar-refractivity contribution in [3.05, 3.63) is 34.4 Å². The van der Waals surface area contributed by atoms with Crippen molar-refractivity contribution < 1.29 is 19.6 Å². The molecule has 0 fully saturated rings. The first-order chi connectivity index (χ1) is 9.81. The highest BCUT2D eigenvalue weighted by Crippen LogP contribution is 2.15. The van der Waals surface area contributed by atoms with Gasteiger partial charge in [-0.05, 0) is 26.1 Å². The van der Waals surface area contributed by atoms with Crippen molar-refractivity contribution in [2.75, 3.05) is 18.9 Å². The van der Waals surface area contributed by atoms with E-state index in [-0.39, 0.29) is 18.0 Å². The third-order valence-corrected chi connectivity index (χ3v) is 3.07. The number of carboxylic acids is 1.